The average molecular weight is 257 g/mol. The van der Waals surface area contributed by atoms with E-state index in [-0.39, 0.29) is 11.9 Å². The number of carbonyl (C=O) groups excluding carboxylic acids is 1. The third kappa shape index (κ3) is 3.26. The zero-order valence-electron chi connectivity index (χ0n) is 10.5. The maximum Gasteiger partial charge on any atom is 0.270 e. The van der Waals surface area contributed by atoms with Crippen LogP contribution in [-0.4, -0.2) is 15.9 Å². The molecule has 1 unspecified atom stereocenters. The van der Waals surface area contributed by atoms with Crippen LogP contribution in [-0.2, 0) is 0 Å². The van der Waals surface area contributed by atoms with Gasteiger partial charge in [-0.3, -0.25) is 15.6 Å². The van der Waals surface area contributed by atoms with Gasteiger partial charge in [0.15, 0.2) is 0 Å². The minimum atomic E-state index is -0.236. The molecule has 2 heterocycles. The lowest BCUT2D eigenvalue weighted by Crippen LogP contribution is -2.27. The highest BCUT2D eigenvalue weighted by Crippen LogP contribution is 2.11. The lowest BCUT2D eigenvalue weighted by atomic mass is 10.1. The van der Waals surface area contributed by atoms with Crippen molar-refractivity contribution in [1.29, 1.82) is 0 Å². The molecule has 0 aliphatic rings. The second-order valence-corrected chi connectivity index (χ2v) is 4.06. The standard InChI is InChI=1S/C13H15N5O/c1-9(10-3-2-6-15-7-10)17-13(19)12-5-4-11(18-14)8-16-12/h2-9,18H,14H2,1H3,(H,17,19). The molecule has 2 aromatic heterocycles. The summed E-state index contributed by atoms with van der Waals surface area (Å²) in [6.45, 7) is 1.89. The predicted molar refractivity (Wildman–Crippen MR) is 72.2 cm³/mol. The van der Waals surface area contributed by atoms with E-state index in [9.17, 15) is 4.79 Å². The van der Waals surface area contributed by atoms with Gasteiger partial charge in [-0.2, -0.15) is 0 Å². The Labute approximate surface area is 111 Å². The predicted octanol–water partition coefficient (Wildman–Crippen LogP) is 1.25. The summed E-state index contributed by atoms with van der Waals surface area (Å²) >= 11 is 0. The number of hydrogen-bond acceptors (Lipinski definition) is 5. The average Bonchev–Trinajstić information content (AvgIpc) is 2.48. The maximum atomic E-state index is 12.0. The lowest BCUT2D eigenvalue weighted by molar-refractivity contribution is 0.0935. The van der Waals surface area contributed by atoms with Crippen molar-refractivity contribution < 1.29 is 4.79 Å². The molecule has 0 aromatic carbocycles. The van der Waals surface area contributed by atoms with E-state index in [1.807, 2.05) is 19.1 Å². The van der Waals surface area contributed by atoms with Gasteiger partial charge in [-0.15, -0.1) is 0 Å². The van der Waals surface area contributed by atoms with Crippen LogP contribution in [0.3, 0.4) is 0 Å². The first-order valence-corrected chi connectivity index (χ1v) is 5.84. The quantitative estimate of drug-likeness (QED) is 0.566. The number of nitrogens with zero attached hydrogens (tertiary/aromatic N) is 2. The number of amides is 1. The summed E-state index contributed by atoms with van der Waals surface area (Å²) in [4.78, 5) is 20.0. The van der Waals surface area contributed by atoms with Crippen LogP contribution in [0.2, 0.25) is 0 Å². The molecular weight excluding hydrogens is 242 g/mol. The van der Waals surface area contributed by atoms with Crippen molar-refractivity contribution in [2.45, 2.75) is 13.0 Å². The van der Waals surface area contributed by atoms with E-state index >= 15 is 0 Å². The number of aromatic nitrogens is 2. The molecule has 6 nitrogen and oxygen atoms in total. The van der Waals surface area contributed by atoms with Crippen LogP contribution in [0, 0.1) is 0 Å². The van der Waals surface area contributed by atoms with Crippen molar-refractivity contribution >= 4 is 11.6 Å². The maximum absolute atomic E-state index is 12.0. The smallest absolute Gasteiger partial charge is 0.270 e. The summed E-state index contributed by atoms with van der Waals surface area (Å²) in [5, 5.41) is 2.86. The number of carbonyl (C=O) groups is 1. The zero-order chi connectivity index (χ0) is 13.7. The molecule has 1 amide bonds. The monoisotopic (exact) mass is 257 g/mol. The number of nitrogens with one attached hydrogen (secondary N) is 2. The number of anilines is 1. The highest BCUT2D eigenvalue weighted by Gasteiger charge is 2.12. The molecular formula is C13H15N5O. The molecule has 19 heavy (non-hydrogen) atoms. The Bertz CT molecular complexity index is 541. The summed E-state index contributed by atoms with van der Waals surface area (Å²) in [5.74, 6) is 5.00. The van der Waals surface area contributed by atoms with Gasteiger partial charge < -0.3 is 10.7 Å². The van der Waals surface area contributed by atoms with Crippen LogP contribution in [0.25, 0.3) is 0 Å². The molecule has 0 spiro atoms. The Balaban J connectivity index is 2.04. The minimum Gasteiger partial charge on any atom is -0.344 e. The first-order chi connectivity index (χ1) is 9.20. The Hall–Kier alpha value is -2.47. The van der Waals surface area contributed by atoms with E-state index < -0.39 is 0 Å². The van der Waals surface area contributed by atoms with Gasteiger partial charge in [0.1, 0.15) is 5.69 Å². The number of pyridine rings is 2. The van der Waals surface area contributed by atoms with Crippen molar-refractivity contribution in [2.24, 2.45) is 5.84 Å². The molecule has 2 aromatic rings. The molecule has 1 atom stereocenters. The SMILES string of the molecule is CC(NC(=O)c1ccc(NN)cn1)c1cccnc1. The van der Waals surface area contributed by atoms with E-state index in [1.165, 1.54) is 6.20 Å². The number of rotatable bonds is 4. The number of nitrogen functional groups attached to an aromatic ring is 1. The van der Waals surface area contributed by atoms with Crippen molar-refractivity contribution in [2.75, 3.05) is 5.43 Å². The molecule has 0 radical (unpaired) electrons. The second kappa shape index (κ2) is 5.92. The van der Waals surface area contributed by atoms with Crippen LogP contribution in [0.1, 0.15) is 29.0 Å². The van der Waals surface area contributed by atoms with Crippen molar-refractivity contribution in [3.8, 4) is 0 Å². The molecule has 0 saturated carbocycles. The molecule has 4 N–H and O–H groups in total. The highest BCUT2D eigenvalue weighted by molar-refractivity contribution is 5.92. The fourth-order valence-electron chi connectivity index (χ4n) is 1.60. The van der Waals surface area contributed by atoms with Crippen molar-refractivity contribution in [3.05, 3.63) is 54.1 Å². The third-order valence-corrected chi connectivity index (χ3v) is 2.69. The molecule has 0 aliphatic heterocycles. The first-order valence-electron chi connectivity index (χ1n) is 5.84. The molecule has 0 aliphatic carbocycles. The minimum absolute atomic E-state index is 0.129. The fourth-order valence-corrected chi connectivity index (χ4v) is 1.60. The molecule has 0 bridgehead atoms. The van der Waals surface area contributed by atoms with Gasteiger partial charge in [0.05, 0.1) is 17.9 Å². The molecule has 0 saturated heterocycles. The van der Waals surface area contributed by atoms with Crippen LogP contribution in [0.4, 0.5) is 5.69 Å². The van der Waals surface area contributed by atoms with Crippen molar-refractivity contribution in [3.63, 3.8) is 0 Å². The Morgan fingerprint density at radius 3 is 2.74 bits per heavy atom. The molecule has 98 valence electrons. The number of hydrogen-bond donors (Lipinski definition) is 3. The van der Waals surface area contributed by atoms with Crippen LogP contribution >= 0.6 is 0 Å². The fraction of sp³-hybridized carbons (Fsp3) is 0.154. The summed E-state index contributed by atoms with van der Waals surface area (Å²) in [6, 6.07) is 6.91. The molecule has 0 fully saturated rings. The largest absolute Gasteiger partial charge is 0.344 e. The molecule has 6 heteroatoms. The summed E-state index contributed by atoms with van der Waals surface area (Å²) in [6.07, 6.45) is 4.92. The van der Waals surface area contributed by atoms with Gasteiger partial charge in [0.2, 0.25) is 0 Å². The topological polar surface area (TPSA) is 92.9 Å². The molecule has 2 rings (SSSR count). The van der Waals surface area contributed by atoms with E-state index in [2.05, 4.69) is 20.7 Å². The Kier molecular flexibility index (Phi) is 4.04. The van der Waals surface area contributed by atoms with Gasteiger partial charge in [-0.25, -0.2) is 4.98 Å². The van der Waals surface area contributed by atoms with E-state index in [0.717, 1.165) is 5.56 Å². The normalized spacial score (nSPS) is 11.7. The van der Waals surface area contributed by atoms with Gasteiger partial charge >= 0.3 is 0 Å². The Morgan fingerprint density at radius 2 is 2.16 bits per heavy atom. The summed E-state index contributed by atoms with van der Waals surface area (Å²) in [7, 11) is 0. The highest BCUT2D eigenvalue weighted by atomic mass is 16.1. The zero-order valence-corrected chi connectivity index (χ0v) is 10.5. The third-order valence-electron chi connectivity index (χ3n) is 2.69. The van der Waals surface area contributed by atoms with Gasteiger partial charge in [0.25, 0.3) is 5.91 Å². The second-order valence-electron chi connectivity index (χ2n) is 4.06. The van der Waals surface area contributed by atoms with E-state index in [1.54, 1.807) is 24.5 Å². The van der Waals surface area contributed by atoms with Gasteiger partial charge in [-0.1, -0.05) is 6.07 Å². The summed E-state index contributed by atoms with van der Waals surface area (Å²) in [5.41, 5.74) is 4.39. The lowest BCUT2D eigenvalue weighted by Gasteiger charge is -2.13. The van der Waals surface area contributed by atoms with Gasteiger partial charge in [-0.05, 0) is 30.7 Å². The number of nitrogens with two attached hydrogens (primary N) is 1. The summed E-state index contributed by atoms with van der Waals surface area (Å²) < 4.78 is 0. The van der Waals surface area contributed by atoms with Crippen LogP contribution < -0.4 is 16.6 Å². The first kappa shape index (κ1) is 13.0. The Morgan fingerprint density at radius 1 is 1.32 bits per heavy atom. The van der Waals surface area contributed by atoms with Crippen molar-refractivity contribution in [1.82, 2.24) is 15.3 Å². The van der Waals surface area contributed by atoms with E-state index in [0.29, 0.717) is 11.4 Å². The van der Waals surface area contributed by atoms with Gasteiger partial charge in [0, 0.05) is 12.4 Å². The van der Waals surface area contributed by atoms with Crippen LogP contribution in [0.5, 0.6) is 0 Å². The number of hydrazine groups is 1. The van der Waals surface area contributed by atoms with E-state index in [4.69, 9.17) is 5.84 Å². The van der Waals surface area contributed by atoms with Crippen LogP contribution in [0.15, 0.2) is 42.9 Å².